The first kappa shape index (κ1) is 19.1. The van der Waals surface area contributed by atoms with E-state index in [1.54, 1.807) is 0 Å². The van der Waals surface area contributed by atoms with Crippen LogP contribution in [0.1, 0.15) is 61.5 Å². The van der Waals surface area contributed by atoms with E-state index in [4.69, 9.17) is 4.99 Å². The molecule has 2 aliphatic heterocycles. The zero-order valence-electron chi connectivity index (χ0n) is 17.7. The molecule has 0 spiro atoms. The highest BCUT2D eigenvalue weighted by Crippen LogP contribution is 2.54. The largest absolute Gasteiger partial charge is 0.303 e. The Balaban J connectivity index is 1.64. The summed E-state index contributed by atoms with van der Waals surface area (Å²) in [5, 5.41) is 0. The normalized spacial score (nSPS) is 33.0. The van der Waals surface area contributed by atoms with Crippen LogP contribution in [0.2, 0.25) is 0 Å². The number of likely N-dealkylation sites (tertiary alicyclic amines) is 1. The van der Waals surface area contributed by atoms with Crippen molar-refractivity contribution >= 4 is 5.71 Å². The Hall–Kier alpha value is -1.93. The van der Waals surface area contributed by atoms with Crippen LogP contribution in [0.4, 0.5) is 0 Å². The number of piperidine rings is 1. The molecule has 0 radical (unpaired) electrons. The van der Waals surface area contributed by atoms with Gasteiger partial charge in [-0.05, 0) is 81.0 Å². The second-order valence-corrected chi connectivity index (χ2v) is 9.40. The van der Waals surface area contributed by atoms with Crippen molar-refractivity contribution in [2.24, 2.45) is 16.8 Å². The molecule has 152 valence electrons. The third-order valence-electron chi connectivity index (χ3n) is 7.84. The molecule has 0 aromatic heterocycles. The highest BCUT2D eigenvalue weighted by atomic mass is 15.1. The van der Waals surface area contributed by atoms with E-state index >= 15 is 0 Å². The van der Waals surface area contributed by atoms with Crippen molar-refractivity contribution in [3.8, 4) is 0 Å². The lowest BCUT2D eigenvalue weighted by Crippen LogP contribution is -2.53. The summed E-state index contributed by atoms with van der Waals surface area (Å²) in [7, 11) is 2.36. The molecule has 0 unspecified atom stereocenters. The van der Waals surface area contributed by atoms with Crippen LogP contribution in [-0.2, 0) is 0 Å². The van der Waals surface area contributed by atoms with Crippen LogP contribution in [0.25, 0.3) is 0 Å². The molecule has 2 heteroatoms. The molecule has 0 amide bonds. The number of hydrogen-bond donors (Lipinski definition) is 0. The summed E-state index contributed by atoms with van der Waals surface area (Å²) < 4.78 is 0. The number of fused-ring (bicyclic) bond motifs is 1. The zero-order chi connectivity index (χ0) is 19.6. The SMILES string of the molecule is CN1CCC[C@@H]2[C@@H](c3ccccc3)[C@@H](C3=NCCCC3)[C@@H](c3ccccc3)C[C@@H]21. The molecule has 2 aromatic rings. The fraction of sp³-hybridized carbons (Fsp3) is 0.519. The number of hydrogen-bond acceptors (Lipinski definition) is 2. The average Bonchev–Trinajstić information content (AvgIpc) is 2.80. The Morgan fingerprint density at radius 2 is 1.55 bits per heavy atom. The van der Waals surface area contributed by atoms with Gasteiger partial charge in [-0.2, -0.15) is 0 Å². The molecule has 2 nitrogen and oxygen atoms in total. The first-order valence-corrected chi connectivity index (χ1v) is 11.7. The molecule has 0 bridgehead atoms. The summed E-state index contributed by atoms with van der Waals surface area (Å²) in [4.78, 5) is 7.83. The highest BCUT2D eigenvalue weighted by molar-refractivity contribution is 5.89. The average molecular weight is 387 g/mol. The standard InChI is InChI=1S/C27H34N2/c1-29-18-10-15-22-25(29)19-23(20-11-4-2-5-12-20)27(24-16-8-9-17-28-24)26(22)21-13-6-3-7-14-21/h2-7,11-14,22-23,25-27H,8-10,15-19H2,1H3/t22-,23+,25-,26+,27+/m0/s1. The molecule has 5 rings (SSSR count). The molecule has 1 saturated heterocycles. The Labute approximate surface area is 176 Å². The van der Waals surface area contributed by atoms with Crippen molar-refractivity contribution in [1.82, 2.24) is 4.90 Å². The van der Waals surface area contributed by atoms with Gasteiger partial charge in [-0.1, -0.05) is 60.7 Å². The van der Waals surface area contributed by atoms with E-state index in [2.05, 4.69) is 72.6 Å². The maximum atomic E-state index is 5.16. The fourth-order valence-electron chi connectivity index (χ4n) is 6.56. The van der Waals surface area contributed by atoms with Gasteiger partial charge in [0.05, 0.1) is 0 Å². The van der Waals surface area contributed by atoms with E-state index in [1.165, 1.54) is 61.9 Å². The predicted molar refractivity (Wildman–Crippen MR) is 122 cm³/mol. The molecule has 3 aliphatic rings. The molecule has 2 fully saturated rings. The van der Waals surface area contributed by atoms with Crippen LogP contribution in [0, 0.1) is 11.8 Å². The minimum atomic E-state index is 0.549. The molecule has 1 saturated carbocycles. The predicted octanol–water partition coefficient (Wildman–Crippen LogP) is 5.91. The van der Waals surface area contributed by atoms with Gasteiger partial charge in [-0.3, -0.25) is 4.99 Å². The summed E-state index contributed by atoms with van der Waals surface area (Å²) in [5.41, 5.74) is 4.58. The second kappa shape index (κ2) is 8.44. The van der Waals surface area contributed by atoms with Gasteiger partial charge < -0.3 is 4.90 Å². The van der Waals surface area contributed by atoms with Crippen LogP contribution >= 0.6 is 0 Å². The summed E-state index contributed by atoms with van der Waals surface area (Å²) in [6, 6.07) is 23.4. The summed E-state index contributed by atoms with van der Waals surface area (Å²) >= 11 is 0. The molecule has 29 heavy (non-hydrogen) atoms. The van der Waals surface area contributed by atoms with Gasteiger partial charge in [0.25, 0.3) is 0 Å². The third-order valence-corrected chi connectivity index (χ3v) is 7.84. The first-order chi connectivity index (χ1) is 14.3. The molecule has 2 aromatic carbocycles. The van der Waals surface area contributed by atoms with E-state index in [1.807, 2.05) is 0 Å². The van der Waals surface area contributed by atoms with Crippen molar-refractivity contribution < 1.29 is 0 Å². The maximum Gasteiger partial charge on any atom is 0.0388 e. The number of aliphatic imine (C=N–C) groups is 1. The van der Waals surface area contributed by atoms with Gasteiger partial charge in [-0.25, -0.2) is 0 Å². The molecular weight excluding hydrogens is 352 g/mol. The number of nitrogens with zero attached hydrogens (tertiary/aromatic N) is 2. The van der Waals surface area contributed by atoms with Gasteiger partial charge in [0, 0.05) is 24.2 Å². The third kappa shape index (κ3) is 3.68. The van der Waals surface area contributed by atoms with Crippen LogP contribution in [0.3, 0.4) is 0 Å². The summed E-state index contributed by atoms with van der Waals surface area (Å²) in [5.74, 6) is 2.44. The van der Waals surface area contributed by atoms with Crippen molar-refractivity contribution in [2.75, 3.05) is 20.1 Å². The molecule has 5 atom stereocenters. The second-order valence-electron chi connectivity index (χ2n) is 9.40. The quantitative estimate of drug-likeness (QED) is 0.640. The minimum Gasteiger partial charge on any atom is -0.303 e. The maximum absolute atomic E-state index is 5.16. The van der Waals surface area contributed by atoms with Crippen LogP contribution < -0.4 is 0 Å². The Morgan fingerprint density at radius 1 is 0.828 bits per heavy atom. The van der Waals surface area contributed by atoms with Crippen LogP contribution in [0.15, 0.2) is 65.7 Å². The van der Waals surface area contributed by atoms with Crippen molar-refractivity contribution in [1.29, 1.82) is 0 Å². The Bertz CT molecular complexity index is 828. The summed E-state index contributed by atoms with van der Waals surface area (Å²) in [6.07, 6.45) is 7.74. The Kier molecular flexibility index (Phi) is 5.54. The molecule has 1 aliphatic carbocycles. The fourth-order valence-corrected chi connectivity index (χ4v) is 6.56. The first-order valence-electron chi connectivity index (χ1n) is 11.7. The number of rotatable bonds is 3. The van der Waals surface area contributed by atoms with Crippen LogP contribution in [-0.4, -0.2) is 36.8 Å². The van der Waals surface area contributed by atoms with Gasteiger partial charge in [0.1, 0.15) is 0 Å². The summed E-state index contributed by atoms with van der Waals surface area (Å²) in [6.45, 7) is 2.28. The molecule has 2 heterocycles. The van der Waals surface area contributed by atoms with Crippen LogP contribution in [0.5, 0.6) is 0 Å². The van der Waals surface area contributed by atoms with E-state index in [0.717, 1.165) is 12.5 Å². The highest BCUT2D eigenvalue weighted by Gasteiger charge is 2.49. The van der Waals surface area contributed by atoms with Crippen molar-refractivity contribution in [3.05, 3.63) is 71.8 Å². The minimum absolute atomic E-state index is 0.549. The van der Waals surface area contributed by atoms with Gasteiger partial charge >= 0.3 is 0 Å². The van der Waals surface area contributed by atoms with Crippen molar-refractivity contribution in [2.45, 2.75) is 56.4 Å². The van der Waals surface area contributed by atoms with Crippen molar-refractivity contribution in [3.63, 3.8) is 0 Å². The lowest BCUT2D eigenvalue weighted by molar-refractivity contribution is 0.0449. The zero-order valence-corrected chi connectivity index (χ0v) is 17.7. The monoisotopic (exact) mass is 386 g/mol. The molecule has 0 N–H and O–H groups in total. The van der Waals surface area contributed by atoms with Gasteiger partial charge in [0.15, 0.2) is 0 Å². The van der Waals surface area contributed by atoms with E-state index < -0.39 is 0 Å². The number of benzene rings is 2. The van der Waals surface area contributed by atoms with E-state index in [9.17, 15) is 0 Å². The van der Waals surface area contributed by atoms with Gasteiger partial charge in [0.2, 0.25) is 0 Å². The van der Waals surface area contributed by atoms with E-state index in [-0.39, 0.29) is 0 Å². The topological polar surface area (TPSA) is 15.6 Å². The lowest BCUT2D eigenvalue weighted by Gasteiger charge is -2.53. The van der Waals surface area contributed by atoms with E-state index in [0.29, 0.717) is 23.8 Å². The molecular formula is C27H34N2. The Morgan fingerprint density at radius 3 is 2.24 bits per heavy atom. The smallest absolute Gasteiger partial charge is 0.0388 e. The lowest BCUT2D eigenvalue weighted by atomic mass is 9.56. The van der Waals surface area contributed by atoms with Gasteiger partial charge in [-0.15, -0.1) is 0 Å².